The van der Waals surface area contributed by atoms with Gasteiger partial charge in [-0.15, -0.1) is 0 Å². The maximum absolute atomic E-state index is 5.22. The van der Waals surface area contributed by atoms with E-state index in [4.69, 9.17) is 19.9 Å². The number of rotatable bonds is 5. The minimum atomic E-state index is 0.694. The van der Waals surface area contributed by atoms with Gasteiger partial charge < -0.3 is 0 Å². The standard InChI is InChI=1S/C42H27N5/c1-4-14-29(15-5-1)37-36(38(30-16-6-2-7-17-30)46-42(45-37)32-18-8-3-9-19-32)28-23-25-31(26-24-28)39-41-40(33-20-10-11-21-34(33)43-39)44-35-22-12-13-27-47(35)41/h1-27H. The highest BCUT2D eigenvalue weighted by atomic mass is 15.0. The van der Waals surface area contributed by atoms with Crippen molar-refractivity contribution >= 4 is 27.6 Å². The zero-order valence-electron chi connectivity index (χ0n) is 25.3. The van der Waals surface area contributed by atoms with E-state index in [2.05, 4.69) is 108 Å². The van der Waals surface area contributed by atoms with Crippen LogP contribution in [0.5, 0.6) is 0 Å². The monoisotopic (exact) mass is 601 g/mol. The Balaban J connectivity index is 1.28. The molecule has 0 bridgehead atoms. The molecule has 9 aromatic rings. The predicted molar refractivity (Wildman–Crippen MR) is 191 cm³/mol. The summed E-state index contributed by atoms with van der Waals surface area (Å²) in [6, 6.07) is 53.9. The summed E-state index contributed by atoms with van der Waals surface area (Å²) in [5.74, 6) is 0.694. The van der Waals surface area contributed by atoms with E-state index in [1.54, 1.807) is 0 Å². The zero-order chi connectivity index (χ0) is 31.2. The van der Waals surface area contributed by atoms with E-state index in [-0.39, 0.29) is 0 Å². The fourth-order valence-corrected chi connectivity index (χ4v) is 6.41. The Morgan fingerprint density at radius 3 is 1.57 bits per heavy atom. The zero-order valence-corrected chi connectivity index (χ0v) is 25.3. The van der Waals surface area contributed by atoms with Crippen LogP contribution >= 0.6 is 0 Å². The Hall–Kier alpha value is -6.46. The Kier molecular flexibility index (Phi) is 6.39. The van der Waals surface area contributed by atoms with Crippen LogP contribution in [0.2, 0.25) is 0 Å². The van der Waals surface area contributed by atoms with Gasteiger partial charge in [0.15, 0.2) is 5.82 Å². The first-order chi connectivity index (χ1) is 23.3. The minimum absolute atomic E-state index is 0.694. The minimum Gasteiger partial charge on any atom is -0.298 e. The van der Waals surface area contributed by atoms with Crippen LogP contribution in [0.1, 0.15) is 0 Å². The van der Waals surface area contributed by atoms with E-state index in [1.807, 2.05) is 60.7 Å². The number of imidazole rings is 1. The van der Waals surface area contributed by atoms with Gasteiger partial charge in [0.2, 0.25) is 0 Å². The maximum Gasteiger partial charge on any atom is 0.160 e. The maximum atomic E-state index is 5.22. The molecule has 0 saturated carbocycles. The third kappa shape index (κ3) is 4.64. The lowest BCUT2D eigenvalue weighted by atomic mass is 9.93. The Labute approximate surface area is 271 Å². The first kappa shape index (κ1) is 26.9. The lowest BCUT2D eigenvalue weighted by Gasteiger charge is -2.17. The predicted octanol–water partition coefficient (Wildman–Crippen LogP) is 10.2. The van der Waals surface area contributed by atoms with Crippen LogP contribution in [-0.2, 0) is 0 Å². The summed E-state index contributed by atoms with van der Waals surface area (Å²) in [5, 5.41) is 1.04. The van der Waals surface area contributed by atoms with E-state index >= 15 is 0 Å². The molecule has 5 aromatic carbocycles. The van der Waals surface area contributed by atoms with Crippen LogP contribution in [0.15, 0.2) is 164 Å². The third-order valence-electron chi connectivity index (χ3n) is 8.63. The van der Waals surface area contributed by atoms with Gasteiger partial charge >= 0.3 is 0 Å². The molecule has 5 nitrogen and oxygen atoms in total. The number of aromatic nitrogens is 5. The fourth-order valence-electron chi connectivity index (χ4n) is 6.41. The largest absolute Gasteiger partial charge is 0.298 e. The van der Waals surface area contributed by atoms with Crippen LogP contribution in [0.3, 0.4) is 0 Å². The average Bonchev–Trinajstić information content (AvgIpc) is 3.55. The van der Waals surface area contributed by atoms with Crippen LogP contribution < -0.4 is 0 Å². The molecule has 0 unspecified atom stereocenters. The molecule has 0 N–H and O–H groups in total. The van der Waals surface area contributed by atoms with Gasteiger partial charge in [0.25, 0.3) is 0 Å². The molecule has 47 heavy (non-hydrogen) atoms. The Morgan fingerprint density at radius 1 is 0.383 bits per heavy atom. The molecule has 0 aliphatic rings. The molecule has 0 spiro atoms. The molecule has 0 atom stereocenters. The fraction of sp³-hybridized carbons (Fsp3) is 0. The molecule has 4 aromatic heterocycles. The van der Waals surface area contributed by atoms with Crippen molar-refractivity contribution < 1.29 is 0 Å². The first-order valence-electron chi connectivity index (χ1n) is 15.7. The molecular formula is C42H27N5. The lowest BCUT2D eigenvalue weighted by molar-refractivity contribution is 1.18. The van der Waals surface area contributed by atoms with Crippen molar-refractivity contribution in [1.29, 1.82) is 0 Å². The summed E-state index contributed by atoms with van der Waals surface area (Å²) in [4.78, 5) is 20.7. The molecule has 0 saturated heterocycles. The van der Waals surface area contributed by atoms with Gasteiger partial charge in [0.05, 0.1) is 28.1 Å². The molecule has 0 aliphatic heterocycles. The highest BCUT2D eigenvalue weighted by Crippen LogP contribution is 2.41. The van der Waals surface area contributed by atoms with Gasteiger partial charge in [-0.25, -0.2) is 19.9 Å². The highest BCUT2D eigenvalue weighted by molar-refractivity contribution is 6.09. The summed E-state index contributed by atoms with van der Waals surface area (Å²) in [7, 11) is 0. The van der Waals surface area contributed by atoms with Crippen LogP contribution in [0.4, 0.5) is 0 Å². The smallest absolute Gasteiger partial charge is 0.160 e. The molecule has 0 amide bonds. The quantitative estimate of drug-likeness (QED) is 0.197. The number of hydrogen-bond acceptors (Lipinski definition) is 4. The van der Waals surface area contributed by atoms with Gasteiger partial charge in [-0.2, -0.15) is 0 Å². The van der Waals surface area contributed by atoms with Crippen LogP contribution in [-0.4, -0.2) is 24.3 Å². The van der Waals surface area contributed by atoms with E-state index in [0.29, 0.717) is 5.82 Å². The van der Waals surface area contributed by atoms with Crippen molar-refractivity contribution in [3.05, 3.63) is 164 Å². The molecular weight excluding hydrogens is 574 g/mol. The first-order valence-corrected chi connectivity index (χ1v) is 15.7. The molecule has 9 rings (SSSR count). The summed E-state index contributed by atoms with van der Waals surface area (Å²) in [6.45, 7) is 0. The SMILES string of the molecule is c1ccc(-c2nc(-c3ccccc3)c(-c3ccc(-c4nc5ccccc5c5nc6ccccn6c45)cc3)c(-c3ccccc3)n2)cc1. The number of benzene rings is 5. The summed E-state index contributed by atoms with van der Waals surface area (Å²) < 4.78 is 2.13. The molecule has 0 aliphatic carbocycles. The second-order valence-corrected chi connectivity index (χ2v) is 11.5. The van der Waals surface area contributed by atoms with Gasteiger partial charge in [-0.3, -0.25) is 4.40 Å². The molecule has 0 fully saturated rings. The Bertz CT molecular complexity index is 2480. The van der Waals surface area contributed by atoms with Crippen molar-refractivity contribution in [2.75, 3.05) is 0 Å². The number of pyridine rings is 2. The number of nitrogens with zero attached hydrogens (tertiary/aromatic N) is 5. The van der Waals surface area contributed by atoms with E-state index in [1.165, 1.54) is 0 Å². The molecule has 0 radical (unpaired) electrons. The average molecular weight is 602 g/mol. The summed E-state index contributed by atoms with van der Waals surface area (Å²) in [5.41, 5.74) is 12.5. The van der Waals surface area contributed by atoms with E-state index in [0.717, 1.165) is 78.0 Å². The second-order valence-electron chi connectivity index (χ2n) is 11.5. The molecule has 220 valence electrons. The molecule has 4 heterocycles. The van der Waals surface area contributed by atoms with Crippen molar-refractivity contribution in [3.63, 3.8) is 0 Å². The summed E-state index contributed by atoms with van der Waals surface area (Å²) >= 11 is 0. The van der Waals surface area contributed by atoms with Gasteiger partial charge in [-0.05, 0) is 23.8 Å². The topological polar surface area (TPSA) is 56.0 Å². The van der Waals surface area contributed by atoms with Gasteiger partial charge in [0.1, 0.15) is 11.2 Å². The molecule has 5 heteroatoms. The van der Waals surface area contributed by atoms with Crippen molar-refractivity contribution in [2.45, 2.75) is 0 Å². The number of para-hydroxylation sites is 1. The van der Waals surface area contributed by atoms with Gasteiger partial charge in [-0.1, -0.05) is 140 Å². The number of hydrogen-bond donors (Lipinski definition) is 0. The Morgan fingerprint density at radius 2 is 0.915 bits per heavy atom. The van der Waals surface area contributed by atoms with E-state index in [9.17, 15) is 0 Å². The lowest BCUT2D eigenvalue weighted by Crippen LogP contribution is -2.01. The normalized spacial score (nSPS) is 11.4. The van der Waals surface area contributed by atoms with Crippen molar-refractivity contribution in [3.8, 4) is 56.3 Å². The van der Waals surface area contributed by atoms with Crippen LogP contribution in [0, 0.1) is 0 Å². The summed E-state index contributed by atoms with van der Waals surface area (Å²) in [6.07, 6.45) is 2.06. The highest BCUT2D eigenvalue weighted by Gasteiger charge is 2.21. The number of fused-ring (bicyclic) bond motifs is 5. The van der Waals surface area contributed by atoms with Crippen LogP contribution in [0.25, 0.3) is 83.9 Å². The second kappa shape index (κ2) is 11.2. The van der Waals surface area contributed by atoms with Gasteiger partial charge in [0, 0.05) is 39.4 Å². The van der Waals surface area contributed by atoms with Crippen molar-refractivity contribution in [2.24, 2.45) is 0 Å². The van der Waals surface area contributed by atoms with Crippen molar-refractivity contribution in [1.82, 2.24) is 24.3 Å². The van der Waals surface area contributed by atoms with E-state index < -0.39 is 0 Å². The third-order valence-corrected chi connectivity index (χ3v) is 8.63.